The highest BCUT2D eigenvalue weighted by molar-refractivity contribution is 7.92. The second kappa shape index (κ2) is 8.49. The third-order valence-corrected chi connectivity index (χ3v) is 6.64. The van der Waals surface area contributed by atoms with Gasteiger partial charge in [-0.2, -0.15) is 0 Å². The van der Waals surface area contributed by atoms with Gasteiger partial charge in [0.25, 0.3) is 15.9 Å². The quantitative estimate of drug-likeness (QED) is 0.646. The van der Waals surface area contributed by atoms with Crippen LogP contribution in [0.2, 0.25) is 0 Å². The number of carbonyl (C=O) groups is 1. The SMILES string of the molecule is CCc1ccccc1NC(=O)c1ccc(C)c(N(C)S(=O)(=O)c2ccccc2)c1. The first-order chi connectivity index (χ1) is 13.8. The summed E-state index contributed by atoms with van der Waals surface area (Å²) in [4.78, 5) is 13.0. The molecule has 29 heavy (non-hydrogen) atoms. The fourth-order valence-corrected chi connectivity index (χ4v) is 4.39. The van der Waals surface area contributed by atoms with Crippen molar-refractivity contribution >= 4 is 27.3 Å². The van der Waals surface area contributed by atoms with Crippen LogP contribution < -0.4 is 9.62 Å². The lowest BCUT2D eigenvalue weighted by Gasteiger charge is -2.22. The molecule has 0 aliphatic carbocycles. The van der Waals surface area contributed by atoms with E-state index in [-0.39, 0.29) is 10.8 Å². The Bertz CT molecular complexity index is 1130. The molecule has 1 amide bonds. The number of aryl methyl sites for hydroxylation is 2. The minimum absolute atomic E-state index is 0.202. The van der Waals surface area contributed by atoms with Gasteiger partial charge < -0.3 is 5.32 Å². The molecule has 1 N–H and O–H groups in total. The first-order valence-corrected chi connectivity index (χ1v) is 10.8. The van der Waals surface area contributed by atoms with Gasteiger partial charge in [-0.15, -0.1) is 0 Å². The van der Waals surface area contributed by atoms with Crippen molar-refractivity contribution in [3.05, 3.63) is 89.5 Å². The lowest BCUT2D eigenvalue weighted by molar-refractivity contribution is 0.102. The molecule has 0 radical (unpaired) electrons. The van der Waals surface area contributed by atoms with Crippen LogP contribution in [0.1, 0.15) is 28.4 Å². The van der Waals surface area contributed by atoms with Crippen LogP contribution in [0.25, 0.3) is 0 Å². The van der Waals surface area contributed by atoms with Gasteiger partial charge in [0.15, 0.2) is 0 Å². The number of rotatable bonds is 6. The molecule has 0 spiro atoms. The number of anilines is 2. The minimum Gasteiger partial charge on any atom is -0.322 e. The van der Waals surface area contributed by atoms with Crippen molar-refractivity contribution in [2.24, 2.45) is 0 Å². The van der Waals surface area contributed by atoms with E-state index in [0.29, 0.717) is 11.3 Å². The summed E-state index contributed by atoms with van der Waals surface area (Å²) in [7, 11) is -2.23. The standard InChI is InChI=1S/C23H24N2O3S/c1-4-18-10-8-9-13-21(18)24-23(26)19-15-14-17(2)22(16-19)25(3)29(27,28)20-11-6-5-7-12-20/h5-16H,4H2,1-3H3,(H,24,26). The summed E-state index contributed by atoms with van der Waals surface area (Å²) in [5.41, 5.74) is 3.42. The molecule has 0 aromatic heterocycles. The number of amides is 1. The van der Waals surface area contributed by atoms with E-state index in [9.17, 15) is 13.2 Å². The summed E-state index contributed by atoms with van der Waals surface area (Å²) < 4.78 is 27.1. The van der Waals surface area contributed by atoms with E-state index in [1.54, 1.807) is 48.5 Å². The number of para-hydroxylation sites is 1. The Morgan fingerprint density at radius 3 is 2.31 bits per heavy atom. The van der Waals surface area contributed by atoms with Gasteiger partial charge in [-0.1, -0.05) is 49.4 Å². The largest absolute Gasteiger partial charge is 0.322 e. The fourth-order valence-electron chi connectivity index (χ4n) is 3.11. The van der Waals surface area contributed by atoms with Crippen molar-refractivity contribution in [2.75, 3.05) is 16.7 Å². The summed E-state index contributed by atoms with van der Waals surface area (Å²) in [6, 6.07) is 20.9. The number of nitrogens with zero attached hydrogens (tertiary/aromatic N) is 1. The minimum atomic E-state index is -3.72. The summed E-state index contributed by atoms with van der Waals surface area (Å²) in [5, 5.41) is 2.93. The zero-order valence-electron chi connectivity index (χ0n) is 16.7. The van der Waals surface area contributed by atoms with E-state index in [1.165, 1.54) is 11.4 Å². The monoisotopic (exact) mass is 408 g/mol. The number of sulfonamides is 1. The maximum Gasteiger partial charge on any atom is 0.264 e. The molecule has 0 aliphatic heterocycles. The second-order valence-electron chi connectivity index (χ2n) is 6.75. The van der Waals surface area contributed by atoms with Crippen molar-refractivity contribution in [3.8, 4) is 0 Å². The summed E-state index contributed by atoms with van der Waals surface area (Å²) >= 11 is 0. The van der Waals surface area contributed by atoms with Gasteiger partial charge in [0, 0.05) is 18.3 Å². The summed E-state index contributed by atoms with van der Waals surface area (Å²) in [6.07, 6.45) is 0.799. The average molecular weight is 409 g/mol. The highest BCUT2D eigenvalue weighted by atomic mass is 32.2. The van der Waals surface area contributed by atoms with Crippen LogP contribution in [0.3, 0.4) is 0 Å². The Balaban J connectivity index is 1.93. The summed E-state index contributed by atoms with van der Waals surface area (Å²) in [5.74, 6) is -0.280. The molecular weight excluding hydrogens is 384 g/mol. The molecule has 0 aliphatic rings. The summed E-state index contributed by atoms with van der Waals surface area (Å²) in [6.45, 7) is 3.85. The average Bonchev–Trinajstić information content (AvgIpc) is 2.74. The molecule has 3 rings (SSSR count). The maximum atomic E-state index is 13.0. The van der Waals surface area contributed by atoms with Gasteiger partial charge in [0.05, 0.1) is 10.6 Å². The van der Waals surface area contributed by atoms with Crippen LogP contribution in [0, 0.1) is 6.92 Å². The number of benzene rings is 3. The Morgan fingerprint density at radius 1 is 0.966 bits per heavy atom. The molecular formula is C23H24N2O3S. The molecule has 150 valence electrons. The van der Waals surface area contributed by atoms with Crippen LogP contribution >= 0.6 is 0 Å². The van der Waals surface area contributed by atoms with E-state index in [2.05, 4.69) is 5.32 Å². The van der Waals surface area contributed by atoms with Crippen molar-refractivity contribution in [1.29, 1.82) is 0 Å². The van der Waals surface area contributed by atoms with E-state index in [0.717, 1.165) is 23.2 Å². The first kappa shape index (κ1) is 20.6. The third-order valence-electron chi connectivity index (χ3n) is 4.86. The highest BCUT2D eigenvalue weighted by Gasteiger charge is 2.23. The highest BCUT2D eigenvalue weighted by Crippen LogP contribution is 2.27. The van der Waals surface area contributed by atoms with Crippen molar-refractivity contribution in [3.63, 3.8) is 0 Å². The predicted octanol–water partition coefficient (Wildman–Crippen LogP) is 4.63. The molecule has 0 heterocycles. The normalized spacial score (nSPS) is 11.1. The molecule has 5 nitrogen and oxygen atoms in total. The van der Waals surface area contributed by atoms with Crippen molar-refractivity contribution < 1.29 is 13.2 Å². The number of hydrogen-bond donors (Lipinski definition) is 1. The Hall–Kier alpha value is -3.12. The number of hydrogen-bond acceptors (Lipinski definition) is 3. The number of nitrogens with one attached hydrogen (secondary N) is 1. The van der Waals surface area contributed by atoms with Gasteiger partial charge in [-0.25, -0.2) is 8.42 Å². The molecule has 0 bridgehead atoms. The molecule has 3 aromatic carbocycles. The molecule has 0 unspecified atom stereocenters. The maximum absolute atomic E-state index is 13.0. The molecule has 0 saturated heterocycles. The lowest BCUT2D eigenvalue weighted by Crippen LogP contribution is -2.27. The molecule has 3 aromatic rings. The molecule has 0 saturated carbocycles. The van der Waals surface area contributed by atoms with Crippen molar-refractivity contribution in [1.82, 2.24) is 0 Å². The van der Waals surface area contributed by atoms with Crippen molar-refractivity contribution in [2.45, 2.75) is 25.2 Å². The molecule has 0 atom stereocenters. The molecule has 6 heteroatoms. The van der Waals surface area contributed by atoms with Crippen LogP contribution in [-0.2, 0) is 16.4 Å². The van der Waals surface area contributed by atoms with Gasteiger partial charge in [0.2, 0.25) is 0 Å². The third kappa shape index (κ3) is 4.32. The lowest BCUT2D eigenvalue weighted by atomic mass is 10.1. The Labute approximate surface area is 172 Å². The van der Waals surface area contributed by atoms with E-state index < -0.39 is 10.0 Å². The van der Waals surface area contributed by atoms with Gasteiger partial charge in [-0.05, 0) is 54.8 Å². The Morgan fingerprint density at radius 2 is 1.62 bits per heavy atom. The predicted molar refractivity (Wildman–Crippen MR) is 117 cm³/mol. The number of carbonyl (C=O) groups excluding carboxylic acids is 1. The smallest absolute Gasteiger partial charge is 0.264 e. The van der Waals surface area contributed by atoms with E-state index in [4.69, 9.17) is 0 Å². The fraction of sp³-hybridized carbons (Fsp3) is 0.174. The Kier molecular flexibility index (Phi) is 6.03. The van der Waals surface area contributed by atoms with E-state index >= 15 is 0 Å². The van der Waals surface area contributed by atoms with E-state index in [1.807, 2.05) is 38.1 Å². The first-order valence-electron chi connectivity index (χ1n) is 9.38. The zero-order chi connectivity index (χ0) is 21.0. The van der Waals surface area contributed by atoms with Crippen LogP contribution in [-0.4, -0.2) is 21.4 Å². The topological polar surface area (TPSA) is 66.5 Å². The van der Waals surface area contributed by atoms with Crippen LogP contribution in [0.5, 0.6) is 0 Å². The van der Waals surface area contributed by atoms with Gasteiger partial charge in [-0.3, -0.25) is 9.10 Å². The second-order valence-corrected chi connectivity index (χ2v) is 8.72. The van der Waals surface area contributed by atoms with Gasteiger partial charge >= 0.3 is 0 Å². The molecule has 0 fully saturated rings. The zero-order valence-corrected chi connectivity index (χ0v) is 17.5. The van der Waals surface area contributed by atoms with Gasteiger partial charge in [0.1, 0.15) is 0 Å². The van der Waals surface area contributed by atoms with Crippen LogP contribution in [0.4, 0.5) is 11.4 Å². The van der Waals surface area contributed by atoms with Crippen LogP contribution in [0.15, 0.2) is 77.7 Å².